The van der Waals surface area contributed by atoms with Crippen molar-refractivity contribution in [2.75, 3.05) is 19.6 Å². The zero-order valence-electron chi connectivity index (χ0n) is 10.5. The average molecular weight is 325 g/mol. The van der Waals surface area contributed by atoms with Gasteiger partial charge in [0.2, 0.25) is 0 Å². The summed E-state index contributed by atoms with van der Waals surface area (Å²) in [5, 5.41) is 0. The molecule has 0 amide bonds. The first-order valence-electron chi connectivity index (χ1n) is 5.41. The van der Waals surface area contributed by atoms with Gasteiger partial charge in [-0.05, 0) is 28.1 Å². The number of anilines is 1. The summed E-state index contributed by atoms with van der Waals surface area (Å²) in [6, 6.07) is 5.29. The number of hydrogen-bond donors (Lipinski definition) is 2. The number of methoxy groups -OCH3 is 2. The van der Waals surface area contributed by atoms with Gasteiger partial charge in [0.1, 0.15) is 5.82 Å². The molecule has 0 unspecified atom stereocenters. The zero-order chi connectivity index (χ0) is 13.8. The van der Waals surface area contributed by atoms with Crippen LogP contribution in [0, 0.1) is 0 Å². The Morgan fingerprint density at radius 2 is 1.89 bits per heavy atom. The molecule has 0 aliphatic rings. The van der Waals surface area contributed by atoms with Crippen LogP contribution in [-0.2, 0) is 0 Å². The van der Waals surface area contributed by atoms with Crippen molar-refractivity contribution in [3.8, 4) is 22.9 Å². The van der Waals surface area contributed by atoms with Gasteiger partial charge in [0.25, 0.3) is 0 Å². The van der Waals surface area contributed by atoms with E-state index in [1.807, 2.05) is 0 Å². The second-order valence-corrected chi connectivity index (χ2v) is 4.45. The molecule has 2 aromatic rings. The number of aromatic nitrogens is 2. The molecule has 0 bridgehead atoms. The van der Waals surface area contributed by atoms with Gasteiger partial charge in [0.15, 0.2) is 17.3 Å². The highest BCUT2D eigenvalue weighted by molar-refractivity contribution is 9.10. The number of nitrogens with two attached hydrogens (primary N) is 1. The van der Waals surface area contributed by atoms with Crippen molar-refractivity contribution < 1.29 is 9.47 Å². The van der Waals surface area contributed by atoms with Crippen molar-refractivity contribution in [1.82, 2.24) is 9.97 Å². The molecule has 1 heterocycles. The molecule has 0 fully saturated rings. The molecule has 6 nitrogen and oxygen atoms in total. The van der Waals surface area contributed by atoms with Crippen LogP contribution < -0.4 is 20.7 Å². The number of nitrogens with one attached hydrogen (secondary N) is 1. The Morgan fingerprint density at radius 1 is 1.21 bits per heavy atom. The molecule has 100 valence electrons. The molecule has 2 rings (SSSR count). The van der Waals surface area contributed by atoms with Crippen molar-refractivity contribution >= 4 is 21.7 Å². The van der Waals surface area contributed by atoms with Crippen LogP contribution >= 0.6 is 15.9 Å². The minimum absolute atomic E-state index is 0.531. The van der Waals surface area contributed by atoms with Crippen molar-refractivity contribution in [1.29, 1.82) is 0 Å². The van der Waals surface area contributed by atoms with Gasteiger partial charge >= 0.3 is 0 Å². The summed E-state index contributed by atoms with van der Waals surface area (Å²) in [5.41, 5.74) is 3.27. The van der Waals surface area contributed by atoms with Crippen LogP contribution in [0.1, 0.15) is 0 Å². The zero-order valence-corrected chi connectivity index (χ0v) is 12.1. The third-order valence-electron chi connectivity index (χ3n) is 2.52. The first kappa shape index (κ1) is 13.6. The molecule has 0 aliphatic heterocycles. The van der Waals surface area contributed by atoms with Crippen LogP contribution in [0.15, 0.2) is 28.9 Å². The molecule has 0 aliphatic carbocycles. The summed E-state index contributed by atoms with van der Waals surface area (Å²) in [5.74, 6) is 7.64. The van der Waals surface area contributed by atoms with Gasteiger partial charge < -0.3 is 14.9 Å². The Kier molecular flexibility index (Phi) is 4.18. The number of nitrogens with zero attached hydrogens (tertiary/aromatic N) is 2. The highest BCUT2D eigenvalue weighted by Crippen LogP contribution is 2.37. The van der Waals surface area contributed by atoms with E-state index < -0.39 is 0 Å². The van der Waals surface area contributed by atoms with E-state index in [2.05, 4.69) is 31.3 Å². The van der Waals surface area contributed by atoms with Crippen LogP contribution in [0.3, 0.4) is 0 Å². The van der Waals surface area contributed by atoms with Gasteiger partial charge in [-0.2, -0.15) is 0 Å². The Bertz CT molecular complexity index is 592. The van der Waals surface area contributed by atoms with Crippen LogP contribution in [0.4, 0.5) is 5.82 Å². The number of rotatable bonds is 4. The molecule has 19 heavy (non-hydrogen) atoms. The van der Waals surface area contributed by atoms with Crippen LogP contribution in [0.2, 0.25) is 0 Å². The number of ether oxygens (including phenoxy) is 2. The second kappa shape index (κ2) is 5.85. The van der Waals surface area contributed by atoms with Gasteiger partial charge in [0, 0.05) is 22.3 Å². The number of hydrogen-bond acceptors (Lipinski definition) is 6. The summed E-state index contributed by atoms with van der Waals surface area (Å²) in [6.07, 6.45) is 1.63. The molecule has 0 atom stereocenters. The summed E-state index contributed by atoms with van der Waals surface area (Å²) < 4.78 is 11.3. The van der Waals surface area contributed by atoms with E-state index >= 15 is 0 Å². The monoisotopic (exact) mass is 324 g/mol. The van der Waals surface area contributed by atoms with Crippen molar-refractivity contribution in [2.24, 2.45) is 5.84 Å². The highest BCUT2D eigenvalue weighted by Gasteiger charge is 2.13. The SMILES string of the molecule is COc1cc(Br)c(-c2nccc(NN)n2)cc1OC. The van der Waals surface area contributed by atoms with Gasteiger partial charge in [0.05, 0.1) is 14.2 Å². The predicted octanol–water partition coefficient (Wildman–Crippen LogP) is 2.21. The molecule has 1 aromatic carbocycles. The fourth-order valence-corrected chi connectivity index (χ4v) is 2.09. The minimum atomic E-state index is 0.531. The van der Waals surface area contributed by atoms with E-state index in [1.54, 1.807) is 38.6 Å². The van der Waals surface area contributed by atoms with E-state index in [1.165, 1.54) is 0 Å². The molecular formula is C12H13BrN4O2. The summed E-state index contributed by atoms with van der Waals surface area (Å²) in [4.78, 5) is 8.50. The normalized spacial score (nSPS) is 10.1. The lowest BCUT2D eigenvalue weighted by atomic mass is 10.2. The fourth-order valence-electron chi connectivity index (χ4n) is 1.59. The minimum Gasteiger partial charge on any atom is -0.493 e. The third kappa shape index (κ3) is 2.77. The smallest absolute Gasteiger partial charge is 0.162 e. The molecule has 1 aromatic heterocycles. The lowest BCUT2D eigenvalue weighted by Crippen LogP contribution is -2.09. The fraction of sp³-hybridized carbons (Fsp3) is 0.167. The van der Waals surface area contributed by atoms with E-state index in [0.717, 1.165) is 10.0 Å². The number of nitrogen functional groups attached to an aromatic ring is 1. The molecule has 0 saturated heterocycles. The lowest BCUT2D eigenvalue weighted by molar-refractivity contribution is 0.355. The Hall–Kier alpha value is -1.86. The summed E-state index contributed by atoms with van der Waals surface area (Å²) >= 11 is 3.47. The maximum atomic E-state index is 5.34. The van der Waals surface area contributed by atoms with E-state index in [-0.39, 0.29) is 0 Å². The van der Waals surface area contributed by atoms with Crippen LogP contribution in [0.25, 0.3) is 11.4 Å². The van der Waals surface area contributed by atoms with Crippen molar-refractivity contribution in [3.63, 3.8) is 0 Å². The first-order chi connectivity index (χ1) is 9.19. The molecule has 3 N–H and O–H groups in total. The number of hydrazine groups is 1. The molecule has 0 saturated carbocycles. The molecule has 0 radical (unpaired) electrons. The van der Waals surface area contributed by atoms with Gasteiger partial charge in [-0.25, -0.2) is 15.8 Å². The largest absolute Gasteiger partial charge is 0.493 e. The van der Waals surface area contributed by atoms with E-state index in [9.17, 15) is 0 Å². The standard InChI is InChI=1S/C12H13BrN4O2/c1-18-9-5-7(8(13)6-10(9)19-2)12-15-4-3-11(16-12)17-14/h3-6H,14H2,1-2H3,(H,15,16,17). The first-order valence-corrected chi connectivity index (χ1v) is 6.20. The van der Waals surface area contributed by atoms with Crippen molar-refractivity contribution in [2.45, 2.75) is 0 Å². The maximum Gasteiger partial charge on any atom is 0.162 e. The Balaban J connectivity index is 2.55. The van der Waals surface area contributed by atoms with Gasteiger partial charge in [-0.15, -0.1) is 0 Å². The topological polar surface area (TPSA) is 82.3 Å². The number of benzene rings is 1. The van der Waals surface area contributed by atoms with Crippen molar-refractivity contribution in [3.05, 3.63) is 28.9 Å². The third-order valence-corrected chi connectivity index (χ3v) is 3.17. The van der Waals surface area contributed by atoms with Crippen LogP contribution in [0.5, 0.6) is 11.5 Å². The van der Waals surface area contributed by atoms with E-state index in [0.29, 0.717) is 23.1 Å². The summed E-state index contributed by atoms with van der Waals surface area (Å²) in [6.45, 7) is 0. The Morgan fingerprint density at radius 3 is 2.53 bits per heavy atom. The van der Waals surface area contributed by atoms with Gasteiger partial charge in [-0.3, -0.25) is 0 Å². The predicted molar refractivity (Wildman–Crippen MR) is 76.1 cm³/mol. The lowest BCUT2D eigenvalue weighted by Gasteiger charge is -2.11. The van der Waals surface area contributed by atoms with Gasteiger partial charge in [-0.1, -0.05) is 0 Å². The summed E-state index contributed by atoms with van der Waals surface area (Å²) in [7, 11) is 3.16. The molecule has 0 spiro atoms. The van der Waals surface area contributed by atoms with E-state index in [4.69, 9.17) is 15.3 Å². The molecular weight excluding hydrogens is 312 g/mol. The van der Waals surface area contributed by atoms with Crippen LogP contribution in [-0.4, -0.2) is 24.2 Å². The Labute approximate surface area is 119 Å². The molecule has 7 heteroatoms. The second-order valence-electron chi connectivity index (χ2n) is 3.60. The highest BCUT2D eigenvalue weighted by atomic mass is 79.9. The average Bonchev–Trinajstić information content (AvgIpc) is 2.46. The number of halogens is 1. The maximum absolute atomic E-state index is 5.34. The quantitative estimate of drug-likeness (QED) is 0.662.